The van der Waals surface area contributed by atoms with Crippen molar-refractivity contribution in [1.82, 2.24) is 10.6 Å². The van der Waals surface area contributed by atoms with Crippen LogP contribution in [0.1, 0.15) is 5.56 Å². The van der Waals surface area contributed by atoms with Crippen LogP contribution in [0.4, 0.5) is 0 Å². The van der Waals surface area contributed by atoms with Crippen molar-refractivity contribution in [2.45, 2.75) is 12.5 Å². The largest absolute Gasteiger partial charge is 0.394 e. The smallest absolute Gasteiger partial charge is 0.309 e. The highest BCUT2D eigenvalue weighted by atomic mass is 16.3. The topological polar surface area (TPSA) is 78.4 Å². The lowest BCUT2D eigenvalue weighted by molar-refractivity contribution is -0.139. The number of aliphatic hydroxyl groups excluding tert-OH is 1. The molecular formula is C12H16N2O3. The summed E-state index contributed by atoms with van der Waals surface area (Å²) in [7, 11) is 1.38. The molecule has 1 aromatic rings. The minimum atomic E-state index is -0.734. The maximum absolute atomic E-state index is 11.3. The summed E-state index contributed by atoms with van der Waals surface area (Å²) in [6.45, 7) is -0.211. The van der Waals surface area contributed by atoms with Crippen LogP contribution in [0.5, 0.6) is 0 Å². The van der Waals surface area contributed by atoms with Crippen molar-refractivity contribution in [3.8, 4) is 0 Å². The van der Waals surface area contributed by atoms with Crippen LogP contribution < -0.4 is 10.6 Å². The van der Waals surface area contributed by atoms with Crippen molar-refractivity contribution in [3.05, 3.63) is 35.9 Å². The summed E-state index contributed by atoms with van der Waals surface area (Å²) in [4.78, 5) is 22.3. The Labute approximate surface area is 99.8 Å². The van der Waals surface area contributed by atoms with E-state index in [2.05, 4.69) is 10.6 Å². The molecule has 0 aliphatic rings. The summed E-state index contributed by atoms with van der Waals surface area (Å²) >= 11 is 0. The zero-order valence-corrected chi connectivity index (χ0v) is 9.64. The monoisotopic (exact) mass is 236 g/mol. The minimum absolute atomic E-state index is 0.211. The number of hydrogen-bond donors (Lipinski definition) is 3. The number of likely N-dealkylation sites (N-methyl/N-ethyl adjacent to an activating group) is 1. The fourth-order valence-corrected chi connectivity index (χ4v) is 1.42. The molecule has 0 heterocycles. The normalized spacial score (nSPS) is 11.6. The van der Waals surface area contributed by atoms with Gasteiger partial charge in [0.1, 0.15) is 0 Å². The number of rotatable bonds is 4. The van der Waals surface area contributed by atoms with Gasteiger partial charge in [-0.15, -0.1) is 0 Å². The van der Waals surface area contributed by atoms with Crippen LogP contribution in [0.15, 0.2) is 30.3 Å². The highest BCUT2D eigenvalue weighted by molar-refractivity contribution is 6.35. The Balaban J connectivity index is 2.55. The van der Waals surface area contributed by atoms with Gasteiger partial charge < -0.3 is 15.7 Å². The lowest BCUT2D eigenvalue weighted by Gasteiger charge is -2.15. The van der Waals surface area contributed by atoms with E-state index in [1.165, 1.54) is 7.05 Å². The second-order valence-corrected chi connectivity index (χ2v) is 3.62. The number of amides is 2. The van der Waals surface area contributed by atoms with Crippen molar-refractivity contribution in [3.63, 3.8) is 0 Å². The van der Waals surface area contributed by atoms with E-state index in [4.69, 9.17) is 5.11 Å². The molecule has 0 bridgehead atoms. The van der Waals surface area contributed by atoms with E-state index < -0.39 is 17.9 Å². The second-order valence-electron chi connectivity index (χ2n) is 3.62. The molecule has 5 nitrogen and oxygen atoms in total. The van der Waals surface area contributed by atoms with Crippen molar-refractivity contribution in [2.24, 2.45) is 0 Å². The van der Waals surface area contributed by atoms with Crippen LogP contribution in [-0.2, 0) is 16.0 Å². The van der Waals surface area contributed by atoms with E-state index in [0.717, 1.165) is 5.56 Å². The van der Waals surface area contributed by atoms with Crippen molar-refractivity contribution in [1.29, 1.82) is 0 Å². The molecule has 0 aromatic heterocycles. The molecule has 0 aliphatic heterocycles. The van der Waals surface area contributed by atoms with Gasteiger partial charge in [-0.1, -0.05) is 30.3 Å². The van der Waals surface area contributed by atoms with Crippen LogP contribution in [0.3, 0.4) is 0 Å². The lowest BCUT2D eigenvalue weighted by atomic mass is 10.1. The van der Waals surface area contributed by atoms with Crippen LogP contribution in [0.25, 0.3) is 0 Å². The number of hydrogen-bond acceptors (Lipinski definition) is 3. The summed E-state index contributed by atoms with van der Waals surface area (Å²) in [6, 6.07) is 8.99. The first kappa shape index (κ1) is 13.2. The van der Waals surface area contributed by atoms with Crippen LogP contribution in [-0.4, -0.2) is 36.6 Å². The molecule has 1 unspecified atom stereocenters. The predicted molar refractivity (Wildman–Crippen MR) is 63.2 cm³/mol. The molecule has 1 aromatic carbocycles. The molecule has 0 aliphatic carbocycles. The zero-order chi connectivity index (χ0) is 12.7. The van der Waals surface area contributed by atoms with Crippen molar-refractivity contribution >= 4 is 11.8 Å². The molecule has 0 fully saturated rings. The van der Waals surface area contributed by atoms with Gasteiger partial charge >= 0.3 is 11.8 Å². The molecule has 1 atom stereocenters. The van der Waals surface area contributed by atoms with Gasteiger partial charge in [-0.3, -0.25) is 9.59 Å². The van der Waals surface area contributed by atoms with E-state index >= 15 is 0 Å². The Morgan fingerprint density at radius 2 is 1.88 bits per heavy atom. The summed E-state index contributed by atoms with van der Waals surface area (Å²) in [5.74, 6) is -1.45. The van der Waals surface area contributed by atoms with Gasteiger partial charge in [0.25, 0.3) is 0 Å². The fraction of sp³-hybridized carbons (Fsp3) is 0.333. The quantitative estimate of drug-likeness (QED) is 0.614. The Morgan fingerprint density at radius 3 is 2.41 bits per heavy atom. The summed E-state index contributed by atoms with van der Waals surface area (Å²) < 4.78 is 0. The molecular weight excluding hydrogens is 220 g/mol. The number of carbonyl (C=O) groups excluding carboxylic acids is 2. The Bertz CT molecular complexity index is 379. The number of carbonyl (C=O) groups is 2. The van der Waals surface area contributed by atoms with Gasteiger partial charge in [0, 0.05) is 7.05 Å². The minimum Gasteiger partial charge on any atom is -0.394 e. The highest BCUT2D eigenvalue weighted by Crippen LogP contribution is 2.02. The summed E-state index contributed by atoms with van der Waals surface area (Å²) in [5.41, 5.74) is 0.990. The molecule has 5 heteroatoms. The lowest BCUT2D eigenvalue weighted by Crippen LogP contribution is -2.45. The van der Waals surface area contributed by atoms with E-state index in [9.17, 15) is 9.59 Å². The van der Waals surface area contributed by atoms with E-state index in [1.54, 1.807) is 0 Å². The maximum Gasteiger partial charge on any atom is 0.309 e. The standard InChI is InChI=1S/C12H16N2O3/c1-13-11(16)12(17)14-10(8-15)7-9-5-3-2-4-6-9/h2-6,10,15H,7-8H2,1H3,(H,13,16)(H,14,17). The predicted octanol–water partition coefficient (Wildman–Crippen LogP) is -0.548. The fourth-order valence-electron chi connectivity index (χ4n) is 1.42. The zero-order valence-electron chi connectivity index (χ0n) is 9.64. The molecule has 17 heavy (non-hydrogen) atoms. The molecule has 0 radical (unpaired) electrons. The molecule has 0 spiro atoms. The Kier molecular flexibility index (Phi) is 5.16. The number of nitrogens with one attached hydrogen (secondary N) is 2. The first-order valence-corrected chi connectivity index (χ1v) is 5.34. The maximum atomic E-state index is 11.3. The first-order chi connectivity index (χ1) is 8.17. The molecule has 0 saturated carbocycles. The van der Waals surface area contributed by atoms with E-state index in [-0.39, 0.29) is 6.61 Å². The van der Waals surface area contributed by atoms with Crippen molar-refractivity contribution < 1.29 is 14.7 Å². The van der Waals surface area contributed by atoms with Gasteiger partial charge in [0.05, 0.1) is 12.6 Å². The molecule has 92 valence electrons. The van der Waals surface area contributed by atoms with Crippen LogP contribution in [0.2, 0.25) is 0 Å². The third-order valence-electron chi connectivity index (χ3n) is 2.31. The van der Waals surface area contributed by atoms with Gasteiger partial charge in [-0.25, -0.2) is 0 Å². The number of aliphatic hydroxyl groups is 1. The molecule has 1 rings (SSSR count). The average molecular weight is 236 g/mol. The van der Waals surface area contributed by atoms with Crippen molar-refractivity contribution in [2.75, 3.05) is 13.7 Å². The third kappa shape index (κ3) is 4.24. The van der Waals surface area contributed by atoms with Crippen LogP contribution >= 0.6 is 0 Å². The number of benzene rings is 1. The third-order valence-corrected chi connectivity index (χ3v) is 2.31. The van der Waals surface area contributed by atoms with Gasteiger partial charge in [0.2, 0.25) is 0 Å². The average Bonchev–Trinajstić information content (AvgIpc) is 2.38. The summed E-state index contributed by atoms with van der Waals surface area (Å²) in [6.07, 6.45) is 0.486. The first-order valence-electron chi connectivity index (χ1n) is 5.34. The van der Waals surface area contributed by atoms with E-state index in [1.807, 2.05) is 30.3 Å². The highest BCUT2D eigenvalue weighted by Gasteiger charge is 2.16. The van der Waals surface area contributed by atoms with Crippen LogP contribution in [0, 0.1) is 0 Å². The van der Waals surface area contributed by atoms with Gasteiger partial charge in [-0.2, -0.15) is 0 Å². The SMILES string of the molecule is CNC(=O)C(=O)NC(CO)Cc1ccccc1. The molecule has 3 N–H and O–H groups in total. The summed E-state index contributed by atoms with van der Waals surface area (Å²) in [5, 5.41) is 13.8. The Hall–Kier alpha value is -1.88. The van der Waals surface area contributed by atoms with E-state index in [0.29, 0.717) is 6.42 Å². The second kappa shape index (κ2) is 6.65. The van der Waals surface area contributed by atoms with Gasteiger partial charge in [0.15, 0.2) is 0 Å². The molecule has 2 amide bonds. The molecule has 0 saturated heterocycles. The van der Waals surface area contributed by atoms with Gasteiger partial charge in [-0.05, 0) is 12.0 Å². The Morgan fingerprint density at radius 1 is 1.24 bits per heavy atom.